The van der Waals surface area contributed by atoms with E-state index in [1.165, 1.54) is 83.1 Å². The van der Waals surface area contributed by atoms with E-state index in [4.69, 9.17) is 0 Å². The van der Waals surface area contributed by atoms with Gasteiger partial charge >= 0.3 is 0 Å². The Bertz CT molecular complexity index is 3050. The second-order valence-corrected chi connectivity index (χ2v) is 17.0. The number of hydrogen-bond donors (Lipinski definition) is 0. The Morgan fingerprint density at radius 3 is 1.72 bits per heavy atom. The van der Waals surface area contributed by atoms with E-state index in [0.717, 1.165) is 17.1 Å². The molecule has 0 saturated heterocycles. The Morgan fingerprint density at radius 1 is 0.414 bits per heavy atom. The quantitative estimate of drug-likeness (QED) is 0.154. The van der Waals surface area contributed by atoms with Gasteiger partial charge in [0, 0.05) is 44.4 Å². The maximum absolute atomic E-state index is 2.55. The van der Waals surface area contributed by atoms with Crippen molar-refractivity contribution in [3.05, 3.63) is 215 Å². The summed E-state index contributed by atoms with van der Waals surface area (Å²) in [5.74, 6) is 0. The topological polar surface area (TPSA) is 8.17 Å². The third-order valence-electron chi connectivity index (χ3n) is 12.9. The van der Waals surface area contributed by atoms with E-state index < -0.39 is 0 Å². The summed E-state index contributed by atoms with van der Waals surface area (Å²) in [4.78, 5) is 2.30. The molecule has 0 N–H and O–H groups in total. The lowest BCUT2D eigenvalue weighted by Gasteiger charge is -2.25. The van der Waals surface area contributed by atoms with Crippen molar-refractivity contribution < 1.29 is 0 Å². The maximum atomic E-state index is 2.55. The van der Waals surface area contributed by atoms with Crippen LogP contribution in [-0.4, -0.2) is 4.57 Å². The van der Waals surface area contributed by atoms with Gasteiger partial charge in [-0.3, -0.25) is 0 Å². The van der Waals surface area contributed by atoms with Gasteiger partial charge in [0.25, 0.3) is 0 Å². The van der Waals surface area contributed by atoms with Crippen LogP contribution < -0.4 is 4.90 Å². The van der Waals surface area contributed by atoms with Crippen molar-refractivity contribution in [3.63, 3.8) is 0 Å². The molecule has 11 rings (SSSR count). The fraction of sp³-hybridized carbons (Fsp3) is 0.107. The highest BCUT2D eigenvalue weighted by Crippen LogP contribution is 2.54. The summed E-state index contributed by atoms with van der Waals surface area (Å²) in [5.41, 5.74) is 20.2. The first-order valence-electron chi connectivity index (χ1n) is 20.4. The Hall–Kier alpha value is -6.90. The zero-order chi connectivity index (χ0) is 39.2. The van der Waals surface area contributed by atoms with Crippen molar-refractivity contribution in [2.75, 3.05) is 4.90 Å². The molecule has 2 aliphatic carbocycles. The maximum Gasteiger partial charge on any atom is 0.0588 e. The largest absolute Gasteiger partial charge is 0.311 e. The zero-order valence-electron chi connectivity index (χ0n) is 33.4. The smallest absolute Gasteiger partial charge is 0.0588 e. The molecule has 9 aromatic rings. The number of aromatic nitrogens is 1. The first kappa shape index (κ1) is 34.4. The van der Waals surface area contributed by atoms with Crippen molar-refractivity contribution >= 4 is 51.0 Å². The van der Waals surface area contributed by atoms with E-state index in [1.807, 2.05) is 0 Å². The van der Waals surface area contributed by atoms with Gasteiger partial charge in [0.2, 0.25) is 0 Å². The van der Waals surface area contributed by atoms with Crippen LogP contribution in [0.2, 0.25) is 0 Å². The molecular formula is C56H44N2. The fourth-order valence-corrected chi connectivity index (χ4v) is 10.1. The van der Waals surface area contributed by atoms with Gasteiger partial charge in [-0.15, -0.1) is 0 Å². The summed E-state index contributed by atoms with van der Waals surface area (Å²) < 4.78 is 2.55. The Morgan fingerprint density at radius 2 is 0.966 bits per heavy atom. The number of nitrogens with zero attached hydrogens (tertiary/aromatic N) is 2. The van der Waals surface area contributed by atoms with Crippen LogP contribution in [0.25, 0.3) is 61.9 Å². The molecule has 0 amide bonds. The predicted octanol–water partition coefficient (Wildman–Crippen LogP) is 15.0. The number of fused-ring (bicyclic) bond motifs is 10. The minimum Gasteiger partial charge on any atom is -0.311 e. The first-order valence-corrected chi connectivity index (χ1v) is 20.4. The molecular weight excluding hydrogens is 701 g/mol. The second kappa shape index (κ2) is 12.8. The molecule has 278 valence electrons. The molecule has 0 bridgehead atoms. The van der Waals surface area contributed by atoms with E-state index in [9.17, 15) is 0 Å². The summed E-state index contributed by atoms with van der Waals surface area (Å²) in [5, 5.41) is 2.60. The van der Waals surface area contributed by atoms with Crippen LogP contribution in [0.4, 0.5) is 17.1 Å². The molecule has 1 heterocycles. The Labute approximate surface area is 341 Å². The molecule has 2 nitrogen and oxygen atoms in total. The lowest BCUT2D eigenvalue weighted by Crippen LogP contribution is -2.17. The van der Waals surface area contributed by atoms with Crippen LogP contribution >= 0.6 is 0 Å². The van der Waals surface area contributed by atoms with E-state index in [-0.39, 0.29) is 10.8 Å². The molecule has 0 fully saturated rings. The normalized spacial score (nSPS) is 14.4. The first-order chi connectivity index (χ1) is 28.3. The van der Waals surface area contributed by atoms with Gasteiger partial charge < -0.3 is 9.47 Å². The average Bonchev–Trinajstić information content (AvgIpc) is 3.80. The van der Waals surface area contributed by atoms with Crippen molar-refractivity contribution in [1.82, 2.24) is 4.57 Å². The van der Waals surface area contributed by atoms with E-state index in [0.29, 0.717) is 0 Å². The van der Waals surface area contributed by atoms with Gasteiger partial charge in [0.05, 0.1) is 11.0 Å². The average molecular weight is 745 g/mol. The number of hydrogen-bond acceptors (Lipinski definition) is 1. The summed E-state index contributed by atoms with van der Waals surface area (Å²) >= 11 is 0. The summed E-state index contributed by atoms with van der Waals surface area (Å²) in [7, 11) is 0. The summed E-state index contributed by atoms with van der Waals surface area (Å²) in [6.45, 7) is 9.58. The fourth-order valence-electron chi connectivity index (χ4n) is 10.1. The summed E-state index contributed by atoms with van der Waals surface area (Å²) in [6.07, 6.45) is 4.50. The van der Waals surface area contributed by atoms with Gasteiger partial charge in [-0.2, -0.15) is 0 Å². The Kier molecular flexibility index (Phi) is 7.59. The third-order valence-corrected chi connectivity index (χ3v) is 12.9. The number of rotatable bonds is 6. The molecule has 0 spiro atoms. The molecule has 0 aliphatic heterocycles. The van der Waals surface area contributed by atoms with Gasteiger partial charge in [-0.05, 0) is 110 Å². The molecule has 0 radical (unpaired) electrons. The van der Waals surface area contributed by atoms with E-state index in [2.05, 4.69) is 231 Å². The van der Waals surface area contributed by atoms with Crippen molar-refractivity contribution in [3.8, 4) is 27.9 Å². The number of benzene rings is 8. The van der Waals surface area contributed by atoms with Gasteiger partial charge in [0.1, 0.15) is 0 Å². The van der Waals surface area contributed by atoms with Crippen LogP contribution in [0.3, 0.4) is 0 Å². The molecule has 8 aromatic carbocycles. The lowest BCUT2D eigenvalue weighted by atomic mass is 9.81. The van der Waals surface area contributed by atoms with Gasteiger partial charge in [-0.1, -0.05) is 167 Å². The van der Waals surface area contributed by atoms with Crippen LogP contribution in [0.15, 0.2) is 182 Å². The minimum atomic E-state index is -0.216. The van der Waals surface area contributed by atoms with Crippen molar-refractivity contribution in [2.45, 2.75) is 38.5 Å². The molecule has 1 aromatic heterocycles. The molecule has 2 heteroatoms. The van der Waals surface area contributed by atoms with Crippen LogP contribution in [0, 0.1) is 0 Å². The minimum absolute atomic E-state index is 0.0746. The monoisotopic (exact) mass is 744 g/mol. The molecule has 58 heavy (non-hydrogen) atoms. The van der Waals surface area contributed by atoms with Gasteiger partial charge in [0.15, 0.2) is 0 Å². The van der Waals surface area contributed by atoms with E-state index in [1.54, 1.807) is 0 Å². The van der Waals surface area contributed by atoms with Crippen LogP contribution in [-0.2, 0) is 10.8 Å². The standard InChI is InChI=1S/C56H44N2/c1-55(2)49-21-13-11-19-43(49)44-32-30-42(36-51(44)55)58-52-22-14-12-20-46(52)48-34-33-47-45-31-27-38(35-50(45)56(3,4)53(47)54(48)58)24-23-37-25-28-41(29-26-37)57(39-15-7-5-8-16-39)40-17-9-6-10-18-40/h5-36H,1-4H3/b24-23+. The lowest BCUT2D eigenvalue weighted by molar-refractivity contribution is 0.659. The van der Waals surface area contributed by atoms with Crippen LogP contribution in [0.5, 0.6) is 0 Å². The Balaban J connectivity index is 0.973. The molecule has 0 unspecified atom stereocenters. The van der Waals surface area contributed by atoms with Crippen molar-refractivity contribution in [2.24, 2.45) is 0 Å². The highest BCUT2D eigenvalue weighted by molar-refractivity contribution is 6.13. The molecule has 0 atom stereocenters. The summed E-state index contributed by atoms with van der Waals surface area (Å²) in [6, 6.07) is 66.8. The van der Waals surface area contributed by atoms with Crippen LogP contribution in [0.1, 0.15) is 61.1 Å². The second-order valence-electron chi connectivity index (χ2n) is 17.0. The number of anilines is 3. The highest BCUT2D eigenvalue weighted by Gasteiger charge is 2.39. The van der Waals surface area contributed by atoms with Gasteiger partial charge in [-0.25, -0.2) is 0 Å². The van der Waals surface area contributed by atoms with Crippen molar-refractivity contribution in [1.29, 1.82) is 0 Å². The molecule has 2 aliphatic rings. The third kappa shape index (κ3) is 5.11. The SMILES string of the molecule is CC1(C)c2ccccc2-c2ccc(-n3c4ccccc4c4ccc5c(c43)C(C)(C)c3cc(/C=C/c4ccc(N(c6ccccc6)c6ccccc6)cc4)ccc3-5)cc21. The predicted molar refractivity (Wildman–Crippen MR) is 246 cm³/mol. The highest BCUT2D eigenvalue weighted by atomic mass is 15.1. The molecule has 0 saturated carbocycles. The zero-order valence-corrected chi connectivity index (χ0v) is 33.4. The van der Waals surface area contributed by atoms with E-state index >= 15 is 0 Å². The number of para-hydroxylation sites is 3.